The maximum absolute atomic E-state index is 12.5. The van der Waals surface area contributed by atoms with E-state index >= 15 is 0 Å². The van der Waals surface area contributed by atoms with Crippen molar-refractivity contribution < 1.29 is 19.5 Å². The molecule has 136 valence electrons. The first kappa shape index (κ1) is 18.5. The first-order chi connectivity index (χ1) is 11.4. The van der Waals surface area contributed by atoms with Crippen LogP contribution < -0.4 is 5.32 Å². The third kappa shape index (κ3) is 4.85. The molecule has 1 aliphatic carbocycles. The second-order valence-corrected chi connectivity index (χ2v) is 7.17. The topological polar surface area (TPSA) is 90.0 Å². The van der Waals surface area contributed by atoms with Gasteiger partial charge in [0.25, 0.3) is 0 Å². The molecule has 0 aromatic rings. The van der Waals surface area contributed by atoms with Crippen LogP contribution in [0.3, 0.4) is 0 Å². The molecule has 0 spiro atoms. The minimum absolute atomic E-state index is 0.0485. The number of hydrogen-bond acceptors (Lipinski definition) is 3. The Hall–Kier alpha value is -1.79. The van der Waals surface area contributed by atoms with Gasteiger partial charge in [0.2, 0.25) is 5.91 Å². The number of hydrogen-bond donors (Lipinski definition) is 2. The summed E-state index contributed by atoms with van der Waals surface area (Å²) in [6, 6.07) is -0.326. The molecule has 2 aliphatic rings. The van der Waals surface area contributed by atoms with E-state index in [2.05, 4.69) is 5.32 Å². The van der Waals surface area contributed by atoms with Gasteiger partial charge in [0, 0.05) is 38.6 Å². The zero-order valence-electron chi connectivity index (χ0n) is 14.7. The van der Waals surface area contributed by atoms with E-state index in [4.69, 9.17) is 5.11 Å². The summed E-state index contributed by atoms with van der Waals surface area (Å²) in [5.41, 5.74) is 0. The second-order valence-electron chi connectivity index (χ2n) is 7.17. The minimum atomic E-state index is -0.917. The average Bonchev–Trinajstić information content (AvgIpc) is 3.03. The number of rotatable bonds is 5. The van der Waals surface area contributed by atoms with Crippen molar-refractivity contribution in [1.29, 1.82) is 0 Å². The Morgan fingerprint density at radius 2 is 1.88 bits per heavy atom. The van der Waals surface area contributed by atoms with Crippen LogP contribution in [0.25, 0.3) is 0 Å². The fraction of sp³-hybridized carbons (Fsp3) is 0.824. The molecular weight excluding hydrogens is 310 g/mol. The number of amides is 3. The van der Waals surface area contributed by atoms with Gasteiger partial charge in [0.15, 0.2) is 0 Å². The molecule has 1 heterocycles. The van der Waals surface area contributed by atoms with E-state index < -0.39 is 11.9 Å². The van der Waals surface area contributed by atoms with Crippen LogP contribution in [0.2, 0.25) is 0 Å². The van der Waals surface area contributed by atoms with Crippen LogP contribution in [0.15, 0.2) is 0 Å². The number of urea groups is 1. The Bertz CT molecular complexity index is 476. The zero-order valence-corrected chi connectivity index (χ0v) is 14.7. The fourth-order valence-corrected chi connectivity index (χ4v) is 3.54. The highest BCUT2D eigenvalue weighted by molar-refractivity contribution is 5.80. The van der Waals surface area contributed by atoms with Gasteiger partial charge in [0.1, 0.15) is 0 Å². The van der Waals surface area contributed by atoms with Crippen molar-refractivity contribution >= 4 is 17.9 Å². The summed E-state index contributed by atoms with van der Waals surface area (Å²) in [5.74, 6) is -1.12. The monoisotopic (exact) mass is 339 g/mol. The Morgan fingerprint density at radius 3 is 2.50 bits per heavy atom. The van der Waals surface area contributed by atoms with E-state index in [9.17, 15) is 14.4 Å². The van der Waals surface area contributed by atoms with Gasteiger partial charge >= 0.3 is 12.0 Å². The molecule has 1 saturated carbocycles. The van der Waals surface area contributed by atoms with Crippen molar-refractivity contribution in [3.8, 4) is 0 Å². The largest absolute Gasteiger partial charge is 0.481 e. The molecule has 2 atom stereocenters. The molecule has 2 fully saturated rings. The molecule has 24 heavy (non-hydrogen) atoms. The highest BCUT2D eigenvalue weighted by Gasteiger charge is 2.32. The predicted octanol–water partition coefficient (Wildman–Crippen LogP) is 1.53. The molecule has 2 N–H and O–H groups in total. The van der Waals surface area contributed by atoms with E-state index in [1.807, 2.05) is 4.90 Å². The molecule has 7 nitrogen and oxygen atoms in total. The van der Waals surface area contributed by atoms with Gasteiger partial charge in [-0.3, -0.25) is 9.59 Å². The molecule has 7 heteroatoms. The average molecular weight is 339 g/mol. The molecule has 1 saturated heterocycles. The minimum Gasteiger partial charge on any atom is -0.481 e. The summed E-state index contributed by atoms with van der Waals surface area (Å²) in [7, 11) is 1.59. The highest BCUT2D eigenvalue weighted by Crippen LogP contribution is 2.26. The van der Waals surface area contributed by atoms with E-state index in [0.29, 0.717) is 13.1 Å². The van der Waals surface area contributed by atoms with Gasteiger partial charge in [-0.05, 0) is 19.3 Å². The second kappa shape index (κ2) is 8.35. The fourth-order valence-electron chi connectivity index (χ4n) is 3.54. The standard InChI is InChI=1S/C17H29N3O4/c1-12(16(22)23)10-19(2)17(24)18-14-8-9-20(11-14)15(21)13-6-4-3-5-7-13/h12-14H,3-11H2,1-2H3,(H,18,24)(H,22,23). The smallest absolute Gasteiger partial charge is 0.317 e. The number of nitrogens with one attached hydrogen (secondary N) is 1. The number of likely N-dealkylation sites (tertiary alicyclic amines) is 1. The van der Waals surface area contributed by atoms with Gasteiger partial charge in [-0.15, -0.1) is 0 Å². The van der Waals surface area contributed by atoms with Gasteiger partial charge in [0.05, 0.1) is 5.92 Å². The van der Waals surface area contributed by atoms with Crippen molar-refractivity contribution in [2.45, 2.75) is 51.5 Å². The lowest BCUT2D eigenvalue weighted by atomic mass is 9.88. The number of carbonyl (C=O) groups excluding carboxylic acids is 2. The third-order valence-corrected chi connectivity index (χ3v) is 5.10. The first-order valence-corrected chi connectivity index (χ1v) is 8.91. The Labute approximate surface area is 143 Å². The van der Waals surface area contributed by atoms with E-state index in [1.165, 1.54) is 11.3 Å². The summed E-state index contributed by atoms with van der Waals surface area (Å²) in [6.07, 6.45) is 6.23. The quantitative estimate of drug-likeness (QED) is 0.795. The molecule has 0 radical (unpaired) electrons. The van der Waals surface area contributed by atoms with E-state index in [1.54, 1.807) is 14.0 Å². The molecular formula is C17H29N3O4. The number of carbonyl (C=O) groups is 3. The van der Waals surface area contributed by atoms with Crippen LogP contribution in [0.5, 0.6) is 0 Å². The van der Waals surface area contributed by atoms with Gasteiger partial charge in [-0.1, -0.05) is 26.2 Å². The van der Waals surface area contributed by atoms with Gasteiger partial charge in [-0.25, -0.2) is 4.79 Å². The Kier molecular flexibility index (Phi) is 6.45. The molecule has 0 aromatic heterocycles. The van der Waals surface area contributed by atoms with Crippen molar-refractivity contribution in [3.63, 3.8) is 0 Å². The molecule has 2 rings (SSSR count). The molecule has 3 amide bonds. The number of carboxylic acid groups (broad SMARTS) is 1. The number of carboxylic acids is 1. The van der Waals surface area contributed by atoms with Crippen LogP contribution in [-0.4, -0.2) is 65.5 Å². The molecule has 1 aliphatic heterocycles. The predicted molar refractivity (Wildman–Crippen MR) is 89.5 cm³/mol. The van der Waals surface area contributed by atoms with Gasteiger partial charge in [-0.2, -0.15) is 0 Å². The van der Waals surface area contributed by atoms with Crippen LogP contribution in [0.4, 0.5) is 4.79 Å². The SMILES string of the molecule is CC(CN(C)C(=O)NC1CCN(C(=O)C2CCCCC2)C1)C(=O)O. The van der Waals surface area contributed by atoms with Crippen LogP contribution in [-0.2, 0) is 9.59 Å². The normalized spacial score (nSPS) is 22.9. The lowest BCUT2D eigenvalue weighted by molar-refractivity contribution is -0.141. The van der Waals surface area contributed by atoms with Crippen molar-refractivity contribution in [3.05, 3.63) is 0 Å². The van der Waals surface area contributed by atoms with Crippen LogP contribution in [0, 0.1) is 11.8 Å². The lowest BCUT2D eigenvalue weighted by Gasteiger charge is -2.26. The maximum Gasteiger partial charge on any atom is 0.317 e. The summed E-state index contributed by atoms with van der Waals surface area (Å²) >= 11 is 0. The summed E-state index contributed by atoms with van der Waals surface area (Å²) < 4.78 is 0. The van der Waals surface area contributed by atoms with Crippen molar-refractivity contribution in [2.24, 2.45) is 11.8 Å². The van der Waals surface area contributed by atoms with Crippen molar-refractivity contribution in [2.75, 3.05) is 26.7 Å². The highest BCUT2D eigenvalue weighted by atomic mass is 16.4. The number of nitrogens with zero attached hydrogens (tertiary/aromatic N) is 2. The molecule has 0 aromatic carbocycles. The molecule has 2 unspecified atom stereocenters. The lowest BCUT2D eigenvalue weighted by Crippen LogP contribution is -2.46. The summed E-state index contributed by atoms with van der Waals surface area (Å²) in [4.78, 5) is 38.8. The zero-order chi connectivity index (χ0) is 17.7. The van der Waals surface area contributed by atoms with E-state index in [-0.39, 0.29) is 30.4 Å². The summed E-state index contributed by atoms with van der Waals surface area (Å²) in [5, 5.41) is 11.8. The van der Waals surface area contributed by atoms with Gasteiger partial charge < -0.3 is 20.2 Å². The first-order valence-electron chi connectivity index (χ1n) is 8.91. The summed E-state index contributed by atoms with van der Waals surface area (Å²) in [6.45, 7) is 2.99. The van der Waals surface area contributed by atoms with Crippen molar-refractivity contribution in [1.82, 2.24) is 15.1 Å². The van der Waals surface area contributed by atoms with Crippen LogP contribution >= 0.6 is 0 Å². The van der Waals surface area contributed by atoms with Crippen LogP contribution in [0.1, 0.15) is 45.4 Å². The molecule has 0 bridgehead atoms. The third-order valence-electron chi connectivity index (χ3n) is 5.10. The number of aliphatic carboxylic acids is 1. The Morgan fingerprint density at radius 1 is 1.21 bits per heavy atom. The van der Waals surface area contributed by atoms with E-state index in [0.717, 1.165) is 32.1 Å². The Balaban J connectivity index is 1.77. The maximum atomic E-state index is 12.5.